The lowest BCUT2D eigenvalue weighted by Crippen LogP contribution is -2.44. The number of piperidine rings is 1. The number of halogens is 1. The number of amides is 1. The Kier molecular flexibility index (Phi) is 6.37. The van der Waals surface area contributed by atoms with Crippen molar-refractivity contribution >= 4 is 32.7 Å². The maximum absolute atomic E-state index is 12.5. The maximum atomic E-state index is 12.5. The van der Waals surface area contributed by atoms with Crippen molar-refractivity contribution in [3.8, 4) is 0 Å². The van der Waals surface area contributed by atoms with Crippen LogP contribution in [0.4, 0.5) is 0 Å². The van der Waals surface area contributed by atoms with Gasteiger partial charge in [0.1, 0.15) is 0 Å². The van der Waals surface area contributed by atoms with E-state index in [1.807, 2.05) is 24.4 Å². The van der Waals surface area contributed by atoms with E-state index in [4.69, 9.17) is 0 Å². The Balaban J connectivity index is 1.65. The molecule has 1 fully saturated rings. The number of benzene rings is 1. The second-order valence-electron chi connectivity index (χ2n) is 7.86. The highest BCUT2D eigenvalue weighted by atomic mass is 79.9. The summed E-state index contributed by atoms with van der Waals surface area (Å²) in [6.07, 6.45) is 3.60. The number of rotatable bonds is 5. The van der Waals surface area contributed by atoms with Crippen LogP contribution in [0.2, 0.25) is 0 Å². The van der Waals surface area contributed by atoms with Crippen molar-refractivity contribution < 1.29 is 4.79 Å². The number of carbonyl (C=O) groups excluding carboxylic acids is 1. The van der Waals surface area contributed by atoms with E-state index in [-0.39, 0.29) is 23.3 Å². The molecule has 1 atom stereocenters. The highest BCUT2D eigenvalue weighted by molar-refractivity contribution is 9.10. The van der Waals surface area contributed by atoms with Crippen LogP contribution in [0.5, 0.6) is 0 Å². The van der Waals surface area contributed by atoms with Gasteiger partial charge < -0.3 is 9.88 Å². The van der Waals surface area contributed by atoms with Crippen LogP contribution >= 0.6 is 15.9 Å². The van der Waals surface area contributed by atoms with Gasteiger partial charge in [0.25, 0.3) is 0 Å². The van der Waals surface area contributed by atoms with Crippen molar-refractivity contribution in [3.63, 3.8) is 0 Å². The third-order valence-corrected chi connectivity index (χ3v) is 6.27. The number of nitrogens with zero attached hydrogens (tertiary/aromatic N) is 2. The number of hydrogen-bond acceptors (Lipinski definition) is 3. The van der Waals surface area contributed by atoms with E-state index >= 15 is 0 Å². The minimum atomic E-state index is 0.0391. The normalized spacial score (nSPS) is 17.4. The van der Waals surface area contributed by atoms with Crippen molar-refractivity contribution in [2.75, 3.05) is 13.1 Å². The van der Waals surface area contributed by atoms with Gasteiger partial charge in [0, 0.05) is 47.2 Å². The largest absolute Gasteiger partial charge is 0.353 e. The molecule has 1 saturated heterocycles. The lowest BCUT2D eigenvalue weighted by atomic mass is 9.95. The first kappa shape index (κ1) is 20.1. The number of carbonyl (C=O) groups is 1. The molecule has 3 rings (SSSR count). The Morgan fingerprint density at radius 3 is 2.59 bits per heavy atom. The topological polar surface area (TPSA) is 54.3 Å². The van der Waals surface area contributed by atoms with E-state index in [1.54, 1.807) is 6.07 Å². The highest BCUT2D eigenvalue weighted by Gasteiger charge is 2.26. The molecule has 5 nitrogen and oxygen atoms in total. The summed E-state index contributed by atoms with van der Waals surface area (Å²) in [7, 11) is 0. The predicted octanol–water partition coefficient (Wildman–Crippen LogP) is 3.59. The molecule has 27 heavy (non-hydrogen) atoms. The fourth-order valence-corrected chi connectivity index (χ4v) is 4.10. The molecule has 1 aliphatic rings. The molecule has 1 N–H and O–H groups in total. The zero-order valence-corrected chi connectivity index (χ0v) is 17.8. The van der Waals surface area contributed by atoms with Gasteiger partial charge in [0.15, 0.2) is 5.43 Å². The molecule has 1 unspecified atom stereocenters. The monoisotopic (exact) mass is 433 g/mol. The minimum Gasteiger partial charge on any atom is -0.353 e. The van der Waals surface area contributed by atoms with Gasteiger partial charge in [-0.3, -0.25) is 14.5 Å². The third-order valence-electron chi connectivity index (χ3n) is 5.63. The molecule has 0 spiro atoms. The third kappa shape index (κ3) is 4.61. The van der Waals surface area contributed by atoms with Gasteiger partial charge in [0.05, 0.1) is 12.2 Å². The van der Waals surface area contributed by atoms with Crippen molar-refractivity contribution in [1.82, 2.24) is 14.8 Å². The van der Waals surface area contributed by atoms with Gasteiger partial charge in [-0.25, -0.2) is 0 Å². The van der Waals surface area contributed by atoms with Gasteiger partial charge in [-0.15, -0.1) is 0 Å². The summed E-state index contributed by atoms with van der Waals surface area (Å²) in [6, 6.07) is 7.55. The number of hydrogen-bond donors (Lipinski definition) is 1. The van der Waals surface area contributed by atoms with E-state index in [1.165, 1.54) is 0 Å². The average Bonchev–Trinajstić information content (AvgIpc) is 2.64. The lowest BCUT2D eigenvalue weighted by molar-refractivity contribution is -0.127. The predicted molar refractivity (Wildman–Crippen MR) is 113 cm³/mol. The first-order valence-corrected chi connectivity index (χ1v) is 10.5. The van der Waals surface area contributed by atoms with E-state index < -0.39 is 0 Å². The van der Waals surface area contributed by atoms with Crippen LogP contribution in [0.1, 0.15) is 33.6 Å². The zero-order valence-electron chi connectivity index (χ0n) is 16.2. The summed E-state index contributed by atoms with van der Waals surface area (Å²) in [4.78, 5) is 26.9. The zero-order chi connectivity index (χ0) is 19.6. The quantitative estimate of drug-likeness (QED) is 0.783. The van der Waals surface area contributed by atoms with Crippen molar-refractivity contribution in [2.45, 2.75) is 46.3 Å². The number of para-hydroxylation sites is 1. The molecule has 0 saturated carbocycles. The Hall–Kier alpha value is -1.66. The number of fused-ring (bicyclic) bond motifs is 1. The molecule has 0 aliphatic carbocycles. The Morgan fingerprint density at radius 2 is 1.93 bits per heavy atom. The average molecular weight is 434 g/mol. The molecular formula is C21H28BrN3O2. The molecule has 0 radical (unpaired) electrons. The molecule has 6 heteroatoms. The summed E-state index contributed by atoms with van der Waals surface area (Å²) in [5, 5.41) is 3.87. The van der Waals surface area contributed by atoms with Crippen molar-refractivity contribution in [1.29, 1.82) is 0 Å². The maximum Gasteiger partial charge on any atom is 0.223 e. The molecule has 1 aromatic heterocycles. The van der Waals surface area contributed by atoms with Crippen LogP contribution in [0.25, 0.3) is 10.9 Å². The van der Waals surface area contributed by atoms with E-state index in [9.17, 15) is 9.59 Å². The Bertz CT molecular complexity index is 869. The standard InChI is InChI=1S/C21H28BrN3O2/c1-14(2)15(3)23-21(27)16-7-10-24(11-8-16)13-25-12-9-19(26)17-5-4-6-18(22)20(17)25/h4-6,9,12,14-16H,7-8,10-11,13H2,1-3H3,(H,23,27). The smallest absolute Gasteiger partial charge is 0.223 e. The molecule has 1 amide bonds. The van der Waals surface area contributed by atoms with Gasteiger partial charge in [-0.05, 0) is 53.7 Å². The van der Waals surface area contributed by atoms with E-state index in [0.29, 0.717) is 5.92 Å². The summed E-state index contributed by atoms with van der Waals surface area (Å²) < 4.78 is 3.04. The number of aromatic nitrogens is 1. The van der Waals surface area contributed by atoms with Crippen molar-refractivity contribution in [3.05, 3.63) is 45.2 Å². The van der Waals surface area contributed by atoms with E-state index in [2.05, 4.69) is 51.5 Å². The summed E-state index contributed by atoms with van der Waals surface area (Å²) in [6.45, 7) is 8.80. The molecule has 1 aliphatic heterocycles. The molecule has 2 heterocycles. The van der Waals surface area contributed by atoms with Gasteiger partial charge in [-0.1, -0.05) is 19.9 Å². The van der Waals surface area contributed by atoms with Crippen LogP contribution in [0, 0.1) is 11.8 Å². The molecule has 0 bridgehead atoms. The van der Waals surface area contributed by atoms with Crippen molar-refractivity contribution in [2.24, 2.45) is 11.8 Å². The Morgan fingerprint density at radius 1 is 1.22 bits per heavy atom. The van der Waals surface area contributed by atoms with Gasteiger partial charge in [0.2, 0.25) is 5.91 Å². The second kappa shape index (κ2) is 8.57. The Labute approximate surface area is 168 Å². The van der Waals surface area contributed by atoms with Crippen LogP contribution in [0.15, 0.2) is 39.7 Å². The number of nitrogens with one attached hydrogen (secondary N) is 1. The fraction of sp³-hybridized carbons (Fsp3) is 0.524. The highest BCUT2D eigenvalue weighted by Crippen LogP contribution is 2.23. The first-order valence-electron chi connectivity index (χ1n) is 9.67. The molecule has 1 aromatic carbocycles. The van der Waals surface area contributed by atoms with E-state index in [0.717, 1.165) is 48.0 Å². The summed E-state index contributed by atoms with van der Waals surface area (Å²) >= 11 is 3.58. The van der Waals surface area contributed by atoms with Gasteiger partial charge >= 0.3 is 0 Å². The lowest BCUT2D eigenvalue weighted by Gasteiger charge is -2.33. The van der Waals surface area contributed by atoms with Crippen LogP contribution in [-0.2, 0) is 11.5 Å². The number of pyridine rings is 1. The minimum absolute atomic E-state index is 0.0391. The van der Waals surface area contributed by atoms with Crippen LogP contribution in [-0.4, -0.2) is 34.5 Å². The molecule has 2 aromatic rings. The van der Waals surface area contributed by atoms with Gasteiger partial charge in [-0.2, -0.15) is 0 Å². The SMILES string of the molecule is CC(C)C(C)NC(=O)C1CCN(Cn2ccc(=O)c3cccc(Br)c32)CC1. The fourth-order valence-electron chi connectivity index (χ4n) is 3.51. The van der Waals surface area contributed by atoms with Crippen LogP contribution < -0.4 is 10.7 Å². The first-order chi connectivity index (χ1) is 12.9. The molecule has 146 valence electrons. The summed E-state index contributed by atoms with van der Waals surface area (Å²) in [5.41, 5.74) is 0.966. The summed E-state index contributed by atoms with van der Waals surface area (Å²) in [5.74, 6) is 0.730. The number of likely N-dealkylation sites (tertiary alicyclic amines) is 1. The van der Waals surface area contributed by atoms with Crippen LogP contribution in [0.3, 0.4) is 0 Å². The molecular weight excluding hydrogens is 406 g/mol. The second-order valence-corrected chi connectivity index (χ2v) is 8.72.